The molecule has 6 heteroatoms. The lowest BCUT2D eigenvalue weighted by Crippen LogP contribution is -2.28. The van der Waals surface area contributed by atoms with Gasteiger partial charge in [-0.05, 0) is 38.8 Å². The van der Waals surface area contributed by atoms with Crippen molar-refractivity contribution < 1.29 is 9.59 Å². The second-order valence-electron chi connectivity index (χ2n) is 15.0. The molecule has 286 valence electrons. The molecule has 0 aliphatic rings. The summed E-state index contributed by atoms with van der Waals surface area (Å²) in [6.07, 6.45) is 47.0. The third-order valence-electron chi connectivity index (χ3n) is 10.0. The van der Waals surface area contributed by atoms with E-state index in [1.807, 2.05) is 0 Å². The third kappa shape index (κ3) is 44.9. The summed E-state index contributed by atoms with van der Waals surface area (Å²) in [6, 6.07) is 0. The predicted octanol–water partition coefficient (Wildman–Crippen LogP) is 11.2. The van der Waals surface area contributed by atoms with Crippen LogP contribution in [0.2, 0.25) is 0 Å². The van der Waals surface area contributed by atoms with Gasteiger partial charge in [0.25, 0.3) is 0 Å². The van der Waals surface area contributed by atoms with Gasteiger partial charge in [0.15, 0.2) is 0 Å². The maximum absolute atomic E-state index is 10.7. The number of unbranched alkanes of at least 4 members (excludes halogenated alkanes) is 32. The highest BCUT2D eigenvalue weighted by Crippen LogP contribution is 2.16. The Hall–Kier alpha value is -1.14. The van der Waals surface area contributed by atoms with Crippen LogP contribution in [0.3, 0.4) is 0 Å². The van der Waals surface area contributed by atoms with E-state index in [1.165, 1.54) is 206 Å². The van der Waals surface area contributed by atoms with Crippen molar-refractivity contribution in [3.8, 4) is 0 Å². The number of amides is 2. The second kappa shape index (κ2) is 42.0. The lowest BCUT2D eigenvalue weighted by atomic mass is 10.0. The molecule has 0 aliphatic carbocycles. The van der Waals surface area contributed by atoms with Crippen molar-refractivity contribution in [2.24, 2.45) is 11.5 Å². The molecule has 6 N–H and O–H groups in total. The maximum Gasteiger partial charge on any atom is 0.217 e. The van der Waals surface area contributed by atoms with Gasteiger partial charge in [0.1, 0.15) is 0 Å². The number of nitrogens with two attached hydrogens (primary N) is 2. The van der Waals surface area contributed by atoms with Gasteiger partial charge >= 0.3 is 0 Å². The molecule has 0 atom stereocenters. The van der Waals surface area contributed by atoms with Crippen molar-refractivity contribution in [2.45, 2.75) is 231 Å². The first-order chi connectivity index (χ1) is 23.6. The van der Waals surface area contributed by atoms with E-state index in [1.54, 1.807) is 0 Å². The molecule has 0 aromatic rings. The van der Waals surface area contributed by atoms with Gasteiger partial charge in [-0.2, -0.15) is 0 Å². The minimum Gasteiger partial charge on any atom is -0.370 e. The number of hydrogen-bond donors (Lipinski definition) is 4. The van der Waals surface area contributed by atoms with E-state index in [4.69, 9.17) is 11.5 Å². The van der Waals surface area contributed by atoms with E-state index in [-0.39, 0.29) is 11.8 Å². The average molecular weight is 679 g/mol. The molecule has 0 saturated heterocycles. The maximum atomic E-state index is 10.7. The van der Waals surface area contributed by atoms with E-state index >= 15 is 0 Å². The van der Waals surface area contributed by atoms with Crippen LogP contribution >= 0.6 is 0 Å². The van der Waals surface area contributed by atoms with E-state index in [0.717, 1.165) is 38.8 Å². The van der Waals surface area contributed by atoms with Gasteiger partial charge in [0.05, 0.1) is 0 Å². The highest BCUT2D eigenvalue weighted by atomic mass is 16.1. The van der Waals surface area contributed by atoms with Crippen LogP contribution in [0.4, 0.5) is 0 Å². The summed E-state index contributed by atoms with van der Waals surface area (Å²) in [7, 11) is 0. The Morgan fingerprint density at radius 3 is 0.604 bits per heavy atom. The summed E-state index contributed by atoms with van der Waals surface area (Å²) < 4.78 is 0. The lowest BCUT2D eigenvalue weighted by Gasteiger charge is -2.07. The molecule has 48 heavy (non-hydrogen) atoms. The molecular weight excluding hydrogens is 592 g/mol. The zero-order valence-corrected chi connectivity index (χ0v) is 32.3. The Bertz CT molecular complexity index is 591. The first kappa shape index (κ1) is 46.9. The second-order valence-corrected chi connectivity index (χ2v) is 15.0. The van der Waals surface area contributed by atoms with E-state index in [0.29, 0.717) is 12.8 Å². The van der Waals surface area contributed by atoms with Crippen LogP contribution in [0.15, 0.2) is 0 Å². The molecule has 0 fully saturated rings. The average Bonchev–Trinajstić information content (AvgIpc) is 3.06. The van der Waals surface area contributed by atoms with Gasteiger partial charge in [-0.1, -0.05) is 193 Å². The number of primary amides is 2. The number of carbonyl (C=O) groups excluding carboxylic acids is 2. The molecule has 0 unspecified atom stereocenters. The lowest BCUT2D eigenvalue weighted by molar-refractivity contribution is -0.119. The van der Waals surface area contributed by atoms with E-state index < -0.39 is 0 Å². The van der Waals surface area contributed by atoms with Crippen molar-refractivity contribution >= 4 is 11.8 Å². The van der Waals surface area contributed by atoms with Gasteiger partial charge in [-0.25, -0.2) is 0 Å². The summed E-state index contributed by atoms with van der Waals surface area (Å²) >= 11 is 0. The molecule has 0 rings (SSSR count). The molecule has 0 heterocycles. The monoisotopic (exact) mass is 679 g/mol. The van der Waals surface area contributed by atoms with Gasteiger partial charge in [-0.3, -0.25) is 9.59 Å². The number of carbonyl (C=O) groups is 2. The number of nitrogens with one attached hydrogen (secondary N) is 2. The smallest absolute Gasteiger partial charge is 0.217 e. The number of rotatable bonds is 43. The summed E-state index contributed by atoms with van der Waals surface area (Å²) in [4.78, 5) is 21.4. The van der Waals surface area contributed by atoms with Crippen LogP contribution in [0.25, 0.3) is 0 Å². The summed E-state index contributed by atoms with van der Waals surface area (Å²) in [5, 5.41) is 7.23. The Labute approximate surface area is 300 Å². The largest absolute Gasteiger partial charge is 0.370 e. The molecule has 0 aliphatic heterocycles. The van der Waals surface area contributed by atoms with E-state index in [9.17, 15) is 9.59 Å². The molecule has 6 nitrogen and oxygen atoms in total. The van der Waals surface area contributed by atoms with Crippen molar-refractivity contribution in [3.63, 3.8) is 0 Å². The fourth-order valence-corrected chi connectivity index (χ4v) is 6.83. The molecule has 0 aromatic carbocycles. The molecule has 0 saturated carbocycles. The molecular formula is C42H86N4O2. The molecule has 2 amide bonds. The predicted molar refractivity (Wildman–Crippen MR) is 210 cm³/mol. The summed E-state index contributed by atoms with van der Waals surface area (Å²) in [5.74, 6) is -0.308. The standard InChI is InChI=1S/C42H86N4O2/c43-41(47)35-31-27-23-19-15-11-7-3-1-5-9-13-17-21-25-29-33-37-45-39-40-46-38-34-30-26-22-18-14-10-6-2-4-8-12-16-20-24-28-32-36-42(44)48/h45-46H,1-40H2,(H2,43,47)(H2,44,48). The Morgan fingerprint density at radius 1 is 0.250 bits per heavy atom. The Morgan fingerprint density at radius 2 is 0.417 bits per heavy atom. The Kier molecular flexibility index (Phi) is 41.0. The molecule has 0 aromatic heterocycles. The molecule has 0 spiro atoms. The van der Waals surface area contributed by atoms with Gasteiger partial charge < -0.3 is 22.1 Å². The SMILES string of the molecule is NC(=O)CCCCCCCCCCCCCCCCCCCNCCNCCCCCCCCCCCCCCCCCCCC(N)=O. The van der Waals surface area contributed by atoms with Crippen LogP contribution in [0.5, 0.6) is 0 Å². The summed E-state index contributed by atoms with van der Waals surface area (Å²) in [5.41, 5.74) is 10.4. The molecule has 0 bridgehead atoms. The van der Waals surface area contributed by atoms with Crippen molar-refractivity contribution in [1.29, 1.82) is 0 Å². The zero-order valence-electron chi connectivity index (χ0n) is 32.3. The quantitative estimate of drug-likeness (QED) is 0.0481. The van der Waals surface area contributed by atoms with E-state index in [2.05, 4.69) is 10.6 Å². The van der Waals surface area contributed by atoms with Crippen LogP contribution in [0, 0.1) is 0 Å². The zero-order chi connectivity index (χ0) is 34.9. The summed E-state index contributed by atoms with van der Waals surface area (Å²) in [6.45, 7) is 4.58. The fourth-order valence-electron chi connectivity index (χ4n) is 6.83. The van der Waals surface area contributed by atoms with Crippen LogP contribution in [-0.2, 0) is 9.59 Å². The van der Waals surface area contributed by atoms with Gasteiger partial charge in [0.2, 0.25) is 11.8 Å². The van der Waals surface area contributed by atoms with Gasteiger partial charge in [-0.15, -0.1) is 0 Å². The highest BCUT2D eigenvalue weighted by Gasteiger charge is 1.99. The number of hydrogen-bond acceptors (Lipinski definition) is 4. The molecule has 0 radical (unpaired) electrons. The normalized spacial score (nSPS) is 11.4. The van der Waals surface area contributed by atoms with Gasteiger partial charge in [0, 0.05) is 25.9 Å². The first-order valence-electron chi connectivity index (χ1n) is 21.6. The third-order valence-corrected chi connectivity index (χ3v) is 10.0. The van der Waals surface area contributed by atoms with Crippen molar-refractivity contribution in [3.05, 3.63) is 0 Å². The topological polar surface area (TPSA) is 110 Å². The first-order valence-corrected chi connectivity index (χ1v) is 21.6. The fraction of sp³-hybridized carbons (Fsp3) is 0.952. The van der Waals surface area contributed by atoms with Crippen molar-refractivity contribution in [2.75, 3.05) is 26.2 Å². The Balaban J connectivity index is 3.05. The minimum absolute atomic E-state index is 0.154. The van der Waals surface area contributed by atoms with Crippen LogP contribution in [0.1, 0.15) is 231 Å². The van der Waals surface area contributed by atoms with Crippen LogP contribution < -0.4 is 22.1 Å². The van der Waals surface area contributed by atoms with Crippen molar-refractivity contribution in [1.82, 2.24) is 10.6 Å². The minimum atomic E-state index is -0.154. The highest BCUT2D eigenvalue weighted by molar-refractivity contribution is 5.73. The van der Waals surface area contributed by atoms with Crippen LogP contribution in [-0.4, -0.2) is 38.0 Å².